The molecule has 2 unspecified atom stereocenters. The maximum atomic E-state index is 9.36. The van der Waals surface area contributed by atoms with E-state index in [0.29, 0.717) is 10.5 Å². The van der Waals surface area contributed by atoms with Gasteiger partial charge in [0.25, 0.3) is 5.22 Å². The van der Waals surface area contributed by atoms with Gasteiger partial charge < -0.3 is 4.42 Å². The normalized spacial score (nSPS) is 28.8. The number of hydrogen-bond acceptors (Lipinski definition) is 5. The van der Waals surface area contributed by atoms with Crippen molar-refractivity contribution < 1.29 is 4.42 Å². The molecule has 1 heterocycles. The van der Waals surface area contributed by atoms with Crippen LogP contribution in [-0.4, -0.2) is 22.3 Å². The molecule has 1 aromatic heterocycles. The van der Waals surface area contributed by atoms with Crippen molar-refractivity contribution in [3.8, 4) is 6.07 Å². The van der Waals surface area contributed by atoms with E-state index >= 15 is 0 Å². The molecule has 1 N–H and O–H groups in total. The summed E-state index contributed by atoms with van der Waals surface area (Å²) in [6, 6.07) is 2.45. The van der Waals surface area contributed by atoms with Crippen LogP contribution in [0.25, 0.3) is 0 Å². The van der Waals surface area contributed by atoms with Gasteiger partial charge in [0.1, 0.15) is 11.8 Å². The minimum absolute atomic E-state index is 0.350. The van der Waals surface area contributed by atoms with Crippen LogP contribution >= 0.6 is 11.8 Å². The molecule has 1 aromatic rings. The molecule has 17 heavy (non-hydrogen) atoms. The second-order valence-corrected chi connectivity index (χ2v) is 5.61. The Labute approximate surface area is 106 Å². The zero-order chi connectivity index (χ0) is 12.1. The van der Waals surface area contributed by atoms with Crippen LogP contribution in [0, 0.1) is 11.3 Å². The number of rotatable bonds is 4. The average molecular weight is 251 g/mol. The summed E-state index contributed by atoms with van der Waals surface area (Å²) in [5, 5.41) is 13.8. The number of oxazole rings is 1. The second-order valence-electron chi connectivity index (χ2n) is 4.36. The number of hydrogen-bond donors (Lipinski definition) is 1. The smallest absolute Gasteiger partial charge is 0.255 e. The first-order chi connectivity index (χ1) is 8.28. The Balaban J connectivity index is 1.99. The third-order valence-corrected chi connectivity index (χ3v) is 4.25. The molecule has 2 atom stereocenters. The molecule has 0 aromatic carbocycles. The topological polar surface area (TPSA) is 61.9 Å². The van der Waals surface area contributed by atoms with Crippen molar-refractivity contribution >= 4 is 11.8 Å². The highest BCUT2D eigenvalue weighted by Gasteiger charge is 2.36. The maximum Gasteiger partial charge on any atom is 0.255 e. The van der Waals surface area contributed by atoms with Crippen LogP contribution in [0.15, 0.2) is 22.1 Å². The summed E-state index contributed by atoms with van der Waals surface area (Å²) in [5.41, 5.74) is -0.350. The van der Waals surface area contributed by atoms with E-state index in [1.165, 1.54) is 0 Å². The van der Waals surface area contributed by atoms with Crippen molar-refractivity contribution in [2.45, 2.75) is 48.6 Å². The zero-order valence-electron chi connectivity index (χ0n) is 9.98. The number of nitrogens with one attached hydrogen (secondary N) is 1. The van der Waals surface area contributed by atoms with Crippen molar-refractivity contribution in [3.05, 3.63) is 12.5 Å². The van der Waals surface area contributed by atoms with Gasteiger partial charge in [0.2, 0.25) is 0 Å². The maximum absolute atomic E-state index is 9.36. The van der Waals surface area contributed by atoms with E-state index in [9.17, 15) is 5.26 Å². The molecule has 0 radical (unpaired) electrons. The van der Waals surface area contributed by atoms with Gasteiger partial charge >= 0.3 is 0 Å². The molecule has 92 valence electrons. The number of nitriles is 1. The SMILES string of the molecule is CCNC1(C#N)CCCC(Sc2ncco2)C1. The largest absolute Gasteiger partial charge is 0.440 e. The van der Waals surface area contributed by atoms with Crippen LogP contribution in [0.2, 0.25) is 0 Å². The molecule has 1 fully saturated rings. The summed E-state index contributed by atoms with van der Waals surface area (Å²) in [4.78, 5) is 4.12. The monoisotopic (exact) mass is 251 g/mol. The highest BCUT2D eigenvalue weighted by molar-refractivity contribution is 7.99. The van der Waals surface area contributed by atoms with Crippen LogP contribution < -0.4 is 5.32 Å². The third kappa shape index (κ3) is 3.02. The molecule has 4 nitrogen and oxygen atoms in total. The molecule has 0 bridgehead atoms. The van der Waals surface area contributed by atoms with Gasteiger partial charge in [0.05, 0.1) is 12.3 Å². The van der Waals surface area contributed by atoms with Crippen LogP contribution in [0.1, 0.15) is 32.6 Å². The van der Waals surface area contributed by atoms with Crippen LogP contribution in [-0.2, 0) is 0 Å². The molecule has 0 saturated heterocycles. The lowest BCUT2D eigenvalue weighted by Crippen LogP contribution is -2.48. The van der Waals surface area contributed by atoms with E-state index in [1.807, 2.05) is 6.92 Å². The van der Waals surface area contributed by atoms with Gasteiger partial charge in [-0.05, 0) is 32.2 Å². The van der Waals surface area contributed by atoms with Crippen molar-refractivity contribution in [1.29, 1.82) is 5.26 Å². The average Bonchev–Trinajstić information content (AvgIpc) is 2.83. The lowest BCUT2D eigenvalue weighted by molar-refractivity contribution is 0.308. The van der Waals surface area contributed by atoms with E-state index in [2.05, 4.69) is 16.4 Å². The van der Waals surface area contributed by atoms with Gasteiger partial charge in [-0.25, -0.2) is 4.98 Å². The Hall–Kier alpha value is -0.990. The summed E-state index contributed by atoms with van der Waals surface area (Å²) >= 11 is 1.65. The molecule has 0 spiro atoms. The number of thioether (sulfide) groups is 1. The molecule has 0 amide bonds. The minimum atomic E-state index is -0.350. The Morgan fingerprint density at radius 3 is 3.29 bits per heavy atom. The quantitative estimate of drug-likeness (QED) is 0.891. The van der Waals surface area contributed by atoms with E-state index < -0.39 is 0 Å². The highest BCUT2D eigenvalue weighted by Crippen LogP contribution is 2.37. The first kappa shape index (κ1) is 12.5. The first-order valence-electron chi connectivity index (χ1n) is 6.00. The molecule has 0 aliphatic heterocycles. The lowest BCUT2D eigenvalue weighted by atomic mass is 9.82. The first-order valence-corrected chi connectivity index (χ1v) is 6.88. The summed E-state index contributed by atoms with van der Waals surface area (Å²) in [6.07, 6.45) is 7.27. The fourth-order valence-electron chi connectivity index (χ4n) is 2.38. The molecular formula is C12H17N3OS. The molecule has 1 saturated carbocycles. The summed E-state index contributed by atoms with van der Waals surface area (Å²) in [5.74, 6) is 0. The van der Waals surface area contributed by atoms with E-state index in [-0.39, 0.29) is 5.54 Å². The Morgan fingerprint density at radius 1 is 1.76 bits per heavy atom. The van der Waals surface area contributed by atoms with E-state index in [4.69, 9.17) is 4.42 Å². The lowest BCUT2D eigenvalue weighted by Gasteiger charge is -2.35. The Kier molecular flexibility index (Phi) is 4.08. The van der Waals surface area contributed by atoms with Gasteiger partial charge in [0, 0.05) is 5.25 Å². The van der Waals surface area contributed by atoms with Crippen LogP contribution in [0.5, 0.6) is 0 Å². The van der Waals surface area contributed by atoms with Gasteiger partial charge in [-0.1, -0.05) is 18.7 Å². The number of nitrogens with zero attached hydrogens (tertiary/aromatic N) is 2. The summed E-state index contributed by atoms with van der Waals surface area (Å²) < 4.78 is 5.25. The number of aromatic nitrogens is 1. The third-order valence-electron chi connectivity index (χ3n) is 3.11. The van der Waals surface area contributed by atoms with Crippen molar-refractivity contribution in [2.24, 2.45) is 0 Å². The molecule has 1 aliphatic carbocycles. The summed E-state index contributed by atoms with van der Waals surface area (Å²) in [6.45, 7) is 2.88. The Morgan fingerprint density at radius 2 is 2.65 bits per heavy atom. The predicted molar refractivity (Wildman–Crippen MR) is 66.6 cm³/mol. The highest BCUT2D eigenvalue weighted by atomic mass is 32.2. The van der Waals surface area contributed by atoms with E-state index in [0.717, 1.165) is 32.2 Å². The molecule has 1 aliphatic rings. The van der Waals surface area contributed by atoms with E-state index in [1.54, 1.807) is 24.2 Å². The fraction of sp³-hybridized carbons (Fsp3) is 0.667. The predicted octanol–water partition coefficient (Wildman–Crippen LogP) is 2.58. The minimum Gasteiger partial charge on any atom is -0.440 e. The standard InChI is InChI=1S/C12H17N3OS/c1-2-15-12(9-13)5-3-4-10(8-12)17-11-14-6-7-16-11/h6-7,10,15H,2-5,8H2,1H3. The fourth-order valence-corrected chi connectivity index (χ4v) is 3.55. The van der Waals surface area contributed by atoms with Crippen LogP contribution in [0.3, 0.4) is 0 Å². The van der Waals surface area contributed by atoms with Crippen molar-refractivity contribution in [3.63, 3.8) is 0 Å². The molecular weight excluding hydrogens is 234 g/mol. The van der Waals surface area contributed by atoms with Crippen LogP contribution in [0.4, 0.5) is 0 Å². The second kappa shape index (κ2) is 5.56. The summed E-state index contributed by atoms with van der Waals surface area (Å²) in [7, 11) is 0. The van der Waals surface area contributed by atoms with Gasteiger partial charge in [0.15, 0.2) is 0 Å². The zero-order valence-corrected chi connectivity index (χ0v) is 10.8. The molecule has 5 heteroatoms. The van der Waals surface area contributed by atoms with Gasteiger partial charge in [-0.2, -0.15) is 5.26 Å². The molecule has 2 rings (SSSR count). The van der Waals surface area contributed by atoms with Crippen molar-refractivity contribution in [2.75, 3.05) is 6.54 Å². The Bertz CT molecular complexity index is 383. The van der Waals surface area contributed by atoms with Gasteiger partial charge in [-0.3, -0.25) is 5.32 Å². The van der Waals surface area contributed by atoms with Crippen molar-refractivity contribution in [1.82, 2.24) is 10.3 Å². The van der Waals surface area contributed by atoms with Gasteiger partial charge in [-0.15, -0.1) is 0 Å².